The van der Waals surface area contributed by atoms with Crippen LogP contribution in [0.1, 0.15) is 10.8 Å². The predicted molar refractivity (Wildman–Crippen MR) is 87.3 cm³/mol. The average molecular weight is 317 g/mol. The van der Waals surface area contributed by atoms with Gasteiger partial charge in [-0.05, 0) is 26.0 Å². The summed E-state index contributed by atoms with van der Waals surface area (Å²) < 4.78 is 0. The molecule has 0 saturated heterocycles. The Balaban J connectivity index is 1.81. The molecule has 2 aromatic heterocycles. The summed E-state index contributed by atoms with van der Waals surface area (Å²) in [6.07, 6.45) is 0. The summed E-state index contributed by atoms with van der Waals surface area (Å²) in [6.45, 7) is 3.82. The maximum absolute atomic E-state index is 5.93. The first-order valence-electron chi connectivity index (χ1n) is 6.41. The molecule has 1 N–H and O–H groups in total. The number of thiazole rings is 1. The first-order chi connectivity index (χ1) is 10.1. The number of rotatable bonds is 3. The molecule has 0 aliphatic rings. The molecule has 0 saturated carbocycles. The molecule has 0 unspecified atom stereocenters. The number of anilines is 2. The van der Waals surface area contributed by atoms with E-state index in [1.807, 2.05) is 38.1 Å². The van der Waals surface area contributed by atoms with Crippen molar-refractivity contribution >= 4 is 34.4 Å². The third kappa shape index (κ3) is 3.37. The Kier molecular flexibility index (Phi) is 3.86. The van der Waals surface area contributed by atoms with E-state index in [4.69, 9.17) is 11.6 Å². The number of aryl methyl sites for hydroxylation is 2. The molecule has 3 aromatic rings. The maximum atomic E-state index is 5.93. The van der Waals surface area contributed by atoms with Crippen LogP contribution in [0.5, 0.6) is 0 Å². The lowest BCUT2D eigenvalue weighted by Gasteiger charge is -2.07. The summed E-state index contributed by atoms with van der Waals surface area (Å²) in [5, 5.41) is 6.77. The Hall–Kier alpha value is -1.98. The van der Waals surface area contributed by atoms with Crippen molar-refractivity contribution in [2.24, 2.45) is 0 Å². The zero-order valence-electron chi connectivity index (χ0n) is 11.6. The van der Waals surface area contributed by atoms with E-state index in [2.05, 4.69) is 25.6 Å². The Bertz CT molecular complexity index is 747. The van der Waals surface area contributed by atoms with Gasteiger partial charge in [-0.1, -0.05) is 23.7 Å². The van der Waals surface area contributed by atoms with E-state index in [0.717, 1.165) is 22.0 Å². The van der Waals surface area contributed by atoms with Gasteiger partial charge in [-0.15, -0.1) is 11.3 Å². The van der Waals surface area contributed by atoms with E-state index in [1.54, 1.807) is 17.4 Å². The predicted octanol–water partition coefficient (Wildman–Crippen LogP) is 4.61. The van der Waals surface area contributed by atoms with Crippen molar-refractivity contribution in [2.45, 2.75) is 13.8 Å². The lowest BCUT2D eigenvalue weighted by molar-refractivity contribution is 1.06. The summed E-state index contributed by atoms with van der Waals surface area (Å²) in [5.74, 6) is 1.32. The van der Waals surface area contributed by atoms with Crippen LogP contribution < -0.4 is 5.32 Å². The molecule has 0 aliphatic heterocycles. The molecule has 3 rings (SSSR count). The van der Waals surface area contributed by atoms with Crippen LogP contribution in [0.2, 0.25) is 5.15 Å². The first-order valence-corrected chi connectivity index (χ1v) is 7.67. The monoisotopic (exact) mass is 316 g/mol. The minimum atomic E-state index is 0.430. The van der Waals surface area contributed by atoms with Gasteiger partial charge in [0, 0.05) is 22.7 Å². The number of nitrogens with one attached hydrogen (secondary N) is 1. The lowest BCUT2D eigenvalue weighted by Crippen LogP contribution is -1.97. The second-order valence-corrected chi connectivity index (χ2v) is 6.03. The van der Waals surface area contributed by atoms with Gasteiger partial charge in [-0.3, -0.25) is 0 Å². The number of halogens is 1. The summed E-state index contributed by atoms with van der Waals surface area (Å²) in [4.78, 5) is 12.8. The molecule has 0 fully saturated rings. The third-order valence-electron chi connectivity index (χ3n) is 2.88. The van der Waals surface area contributed by atoms with Gasteiger partial charge in [-0.25, -0.2) is 15.0 Å². The van der Waals surface area contributed by atoms with Crippen molar-refractivity contribution in [1.29, 1.82) is 0 Å². The quantitative estimate of drug-likeness (QED) is 0.717. The highest BCUT2D eigenvalue weighted by Gasteiger charge is 2.04. The van der Waals surface area contributed by atoms with Crippen molar-refractivity contribution in [3.63, 3.8) is 0 Å². The second kappa shape index (κ2) is 5.79. The van der Waals surface area contributed by atoms with Crippen LogP contribution in [0.4, 0.5) is 11.5 Å². The topological polar surface area (TPSA) is 50.7 Å². The molecule has 2 heterocycles. The smallest absolute Gasteiger partial charge is 0.135 e. The van der Waals surface area contributed by atoms with Gasteiger partial charge in [0.1, 0.15) is 16.8 Å². The van der Waals surface area contributed by atoms with E-state index in [-0.39, 0.29) is 0 Å². The van der Waals surface area contributed by atoms with Crippen molar-refractivity contribution in [1.82, 2.24) is 15.0 Å². The largest absolute Gasteiger partial charge is 0.340 e. The van der Waals surface area contributed by atoms with E-state index < -0.39 is 0 Å². The van der Waals surface area contributed by atoms with E-state index in [0.29, 0.717) is 16.8 Å². The number of hydrogen-bond acceptors (Lipinski definition) is 5. The van der Waals surface area contributed by atoms with Gasteiger partial charge in [0.25, 0.3) is 0 Å². The number of aromatic nitrogens is 3. The van der Waals surface area contributed by atoms with Crippen LogP contribution in [0.25, 0.3) is 11.3 Å². The molecule has 0 spiro atoms. The number of nitrogens with zero attached hydrogens (tertiary/aromatic N) is 3. The van der Waals surface area contributed by atoms with Crippen LogP contribution in [0.15, 0.2) is 35.7 Å². The minimum absolute atomic E-state index is 0.430. The highest BCUT2D eigenvalue weighted by Crippen LogP contribution is 2.24. The molecule has 0 aliphatic carbocycles. The first kappa shape index (κ1) is 14.0. The van der Waals surface area contributed by atoms with Crippen molar-refractivity contribution < 1.29 is 0 Å². The molecule has 0 radical (unpaired) electrons. The minimum Gasteiger partial charge on any atom is -0.340 e. The number of hydrogen-bond donors (Lipinski definition) is 1. The van der Waals surface area contributed by atoms with Crippen molar-refractivity contribution in [3.8, 4) is 11.3 Å². The van der Waals surface area contributed by atoms with Gasteiger partial charge in [-0.2, -0.15) is 0 Å². The Morgan fingerprint density at radius 3 is 2.43 bits per heavy atom. The van der Waals surface area contributed by atoms with Crippen LogP contribution in [0, 0.1) is 13.8 Å². The zero-order chi connectivity index (χ0) is 14.8. The molecular weight excluding hydrogens is 304 g/mol. The van der Waals surface area contributed by atoms with E-state index in [1.165, 1.54) is 0 Å². The van der Waals surface area contributed by atoms with Crippen LogP contribution in [0.3, 0.4) is 0 Å². The van der Waals surface area contributed by atoms with Gasteiger partial charge < -0.3 is 5.32 Å². The van der Waals surface area contributed by atoms with Gasteiger partial charge >= 0.3 is 0 Å². The van der Waals surface area contributed by atoms with E-state index >= 15 is 0 Å². The lowest BCUT2D eigenvalue weighted by atomic mass is 10.1. The average Bonchev–Trinajstić information content (AvgIpc) is 2.85. The summed E-state index contributed by atoms with van der Waals surface area (Å²) in [6, 6.07) is 9.76. The van der Waals surface area contributed by atoms with Crippen LogP contribution >= 0.6 is 22.9 Å². The molecular formula is C15H13ClN4S. The zero-order valence-corrected chi connectivity index (χ0v) is 13.2. The third-order valence-corrected chi connectivity index (χ3v) is 3.85. The summed E-state index contributed by atoms with van der Waals surface area (Å²) in [7, 11) is 0. The van der Waals surface area contributed by atoms with Gasteiger partial charge in [0.05, 0.1) is 10.7 Å². The SMILES string of the molecule is Cc1nc(Cl)cc(Nc2ccc(-c3csc(C)n3)cc2)n1. The molecule has 0 amide bonds. The highest BCUT2D eigenvalue weighted by atomic mass is 35.5. The molecule has 21 heavy (non-hydrogen) atoms. The maximum Gasteiger partial charge on any atom is 0.135 e. The molecule has 4 nitrogen and oxygen atoms in total. The highest BCUT2D eigenvalue weighted by molar-refractivity contribution is 7.09. The Labute approximate surface area is 131 Å². The fourth-order valence-corrected chi connectivity index (χ4v) is 2.81. The van der Waals surface area contributed by atoms with Gasteiger partial charge in [0.15, 0.2) is 0 Å². The summed E-state index contributed by atoms with van der Waals surface area (Å²) in [5.41, 5.74) is 3.05. The standard InChI is InChI=1S/C15H13ClN4S/c1-9-17-14(16)7-15(18-9)20-12-5-3-11(4-6-12)13-8-21-10(2)19-13/h3-8H,1-2H3,(H,17,18,20). The fraction of sp³-hybridized carbons (Fsp3) is 0.133. The van der Waals surface area contributed by atoms with E-state index in [9.17, 15) is 0 Å². The molecule has 1 aromatic carbocycles. The van der Waals surface area contributed by atoms with Crippen LogP contribution in [-0.4, -0.2) is 15.0 Å². The fourth-order valence-electron chi connectivity index (χ4n) is 1.96. The van der Waals surface area contributed by atoms with Gasteiger partial charge in [0.2, 0.25) is 0 Å². The summed E-state index contributed by atoms with van der Waals surface area (Å²) >= 11 is 7.58. The Morgan fingerprint density at radius 1 is 1.05 bits per heavy atom. The van der Waals surface area contributed by atoms with Crippen molar-refractivity contribution in [2.75, 3.05) is 5.32 Å². The molecule has 0 bridgehead atoms. The molecule has 106 valence electrons. The van der Waals surface area contributed by atoms with Crippen molar-refractivity contribution in [3.05, 3.63) is 51.7 Å². The second-order valence-electron chi connectivity index (χ2n) is 4.58. The van der Waals surface area contributed by atoms with Crippen LogP contribution in [-0.2, 0) is 0 Å². The molecule has 0 atom stereocenters. The number of benzene rings is 1. The Morgan fingerprint density at radius 2 is 1.81 bits per heavy atom. The molecule has 6 heteroatoms. The normalized spacial score (nSPS) is 10.6.